The number of rotatable bonds is 2. The van der Waals surface area contributed by atoms with E-state index in [-0.39, 0.29) is 5.78 Å². The molecule has 0 saturated carbocycles. The molecule has 2 rings (SSSR count). The van der Waals surface area contributed by atoms with Gasteiger partial charge in [0.05, 0.1) is 0 Å². The van der Waals surface area contributed by atoms with Crippen LogP contribution in [0.2, 0.25) is 5.02 Å². The molecule has 2 aromatic rings. The molecule has 92 valence electrons. The van der Waals surface area contributed by atoms with Gasteiger partial charge in [-0.05, 0) is 49.2 Å². The summed E-state index contributed by atoms with van der Waals surface area (Å²) in [6, 6.07) is 11.1. The third kappa shape index (κ3) is 2.50. The molecule has 0 aromatic heterocycles. The van der Waals surface area contributed by atoms with Gasteiger partial charge in [0, 0.05) is 20.6 Å². The van der Waals surface area contributed by atoms with Crippen molar-refractivity contribution in [1.82, 2.24) is 0 Å². The summed E-state index contributed by atoms with van der Waals surface area (Å²) in [4.78, 5) is 12.5. The highest BCUT2D eigenvalue weighted by atomic mass is 79.9. The van der Waals surface area contributed by atoms with Gasteiger partial charge in [-0.25, -0.2) is 0 Å². The van der Waals surface area contributed by atoms with E-state index in [1.807, 2.05) is 38.1 Å². The summed E-state index contributed by atoms with van der Waals surface area (Å²) in [6.45, 7) is 3.79. The number of hydrogen-bond donors (Lipinski definition) is 0. The van der Waals surface area contributed by atoms with Crippen LogP contribution in [0.15, 0.2) is 40.9 Å². The molecule has 0 spiro atoms. The molecule has 0 bridgehead atoms. The zero-order valence-corrected chi connectivity index (χ0v) is 12.5. The standard InChI is InChI=1S/C15H12BrClO/c1-9-8-11(16)6-7-12(9)15(18)13-4-3-5-14(17)10(13)2/h3-8H,1-2H3. The molecule has 0 unspecified atom stereocenters. The van der Waals surface area contributed by atoms with Crippen molar-refractivity contribution >= 4 is 33.3 Å². The maximum absolute atomic E-state index is 12.5. The molecule has 1 nitrogen and oxygen atoms in total. The Morgan fingerprint density at radius 1 is 1.11 bits per heavy atom. The van der Waals surface area contributed by atoms with E-state index in [9.17, 15) is 4.79 Å². The Labute approximate surface area is 120 Å². The minimum Gasteiger partial charge on any atom is -0.289 e. The first-order valence-corrected chi connectivity index (χ1v) is 6.74. The van der Waals surface area contributed by atoms with Crippen LogP contribution in [0.25, 0.3) is 0 Å². The molecule has 0 fully saturated rings. The lowest BCUT2D eigenvalue weighted by Crippen LogP contribution is -2.06. The van der Waals surface area contributed by atoms with Crippen molar-refractivity contribution in [3.8, 4) is 0 Å². The van der Waals surface area contributed by atoms with Crippen LogP contribution in [0.3, 0.4) is 0 Å². The lowest BCUT2D eigenvalue weighted by molar-refractivity contribution is 0.103. The van der Waals surface area contributed by atoms with Crippen LogP contribution in [0, 0.1) is 13.8 Å². The molecule has 0 aliphatic rings. The first-order valence-electron chi connectivity index (χ1n) is 5.56. The fourth-order valence-corrected chi connectivity index (χ4v) is 2.53. The van der Waals surface area contributed by atoms with Gasteiger partial charge in [0.15, 0.2) is 5.78 Å². The minimum atomic E-state index is 0.0139. The zero-order valence-electron chi connectivity index (χ0n) is 10.1. The van der Waals surface area contributed by atoms with Crippen LogP contribution < -0.4 is 0 Å². The molecule has 0 saturated heterocycles. The van der Waals surface area contributed by atoms with Gasteiger partial charge in [-0.3, -0.25) is 4.79 Å². The predicted molar refractivity (Wildman–Crippen MR) is 78.5 cm³/mol. The van der Waals surface area contributed by atoms with Gasteiger partial charge in [-0.2, -0.15) is 0 Å². The zero-order chi connectivity index (χ0) is 13.3. The van der Waals surface area contributed by atoms with E-state index in [0.717, 1.165) is 15.6 Å². The first kappa shape index (κ1) is 13.3. The Hall–Kier alpha value is -1.12. The van der Waals surface area contributed by atoms with Gasteiger partial charge in [0.2, 0.25) is 0 Å². The van der Waals surface area contributed by atoms with E-state index in [4.69, 9.17) is 11.6 Å². The van der Waals surface area contributed by atoms with Crippen LogP contribution in [-0.4, -0.2) is 5.78 Å². The van der Waals surface area contributed by atoms with E-state index in [1.165, 1.54) is 0 Å². The normalized spacial score (nSPS) is 10.4. The summed E-state index contributed by atoms with van der Waals surface area (Å²) in [5.41, 5.74) is 3.15. The number of ketones is 1. The topological polar surface area (TPSA) is 17.1 Å². The van der Waals surface area contributed by atoms with Crippen molar-refractivity contribution in [2.24, 2.45) is 0 Å². The lowest BCUT2D eigenvalue weighted by Gasteiger charge is -2.09. The Kier molecular flexibility index (Phi) is 3.88. The molecule has 0 atom stereocenters. The molecule has 0 amide bonds. The lowest BCUT2D eigenvalue weighted by atomic mass is 9.96. The van der Waals surface area contributed by atoms with Gasteiger partial charge in [0.1, 0.15) is 0 Å². The molecule has 0 radical (unpaired) electrons. The monoisotopic (exact) mass is 322 g/mol. The molecule has 0 aliphatic carbocycles. The maximum Gasteiger partial charge on any atom is 0.193 e. The molecule has 0 aliphatic heterocycles. The van der Waals surface area contributed by atoms with Crippen molar-refractivity contribution in [3.05, 3.63) is 68.1 Å². The van der Waals surface area contributed by atoms with E-state index in [2.05, 4.69) is 15.9 Å². The predicted octanol–water partition coefficient (Wildman–Crippen LogP) is 4.95. The Morgan fingerprint density at radius 3 is 2.50 bits per heavy atom. The van der Waals surface area contributed by atoms with Crippen molar-refractivity contribution in [3.63, 3.8) is 0 Å². The van der Waals surface area contributed by atoms with E-state index >= 15 is 0 Å². The first-order chi connectivity index (χ1) is 8.50. The molecule has 18 heavy (non-hydrogen) atoms. The summed E-state index contributed by atoms with van der Waals surface area (Å²) in [6.07, 6.45) is 0. The Balaban J connectivity index is 2.51. The maximum atomic E-state index is 12.5. The van der Waals surface area contributed by atoms with Crippen molar-refractivity contribution in [2.75, 3.05) is 0 Å². The van der Waals surface area contributed by atoms with E-state index < -0.39 is 0 Å². The molecule has 0 N–H and O–H groups in total. The smallest absolute Gasteiger partial charge is 0.193 e. The highest BCUT2D eigenvalue weighted by molar-refractivity contribution is 9.10. The molecule has 0 heterocycles. The van der Waals surface area contributed by atoms with Gasteiger partial charge < -0.3 is 0 Å². The minimum absolute atomic E-state index is 0.0139. The van der Waals surface area contributed by atoms with Crippen molar-refractivity contribution in [1.29, 1.82) is 0 Å². The van der Waals surface area contributed by atoms with Crippen LogP contribution in [-0.2, 0) is 0 Å². The Morgan fingerprint density at radius 2 is 1.83 bits per heavy atom. The second-order valence-electron chi connectivity index (χ2n) is 4.20. The molecule has 2 aromatic carbocycles. The summed E-state index contributed by atoms with van der Waals surface area (Å²) in [5.74, 6) is 0.0139. The van der Waals surface area contributed by atoms with Gasteiger partial charge in [-0.1, -0.05) is 39.7 Å². The average Bonchev–Trinajstić information content (AvgIpc) is 2.32. The summed E-state index contributed by atoms with van der Waals surface area (Å²) >= 11 is 9.45. The van der Waals surface area contributed by atoms with E-state index in [1.54, 1.807) is 12.1 Å². The molecule has 3 heteroatoms. The molecular weight excluding hydrogens is 312 g/mol. The summed E-state index contributed by atoms with van der Waals surface area (Å²) < 4.78 is 0.972. The summed E-state index contributed by atoms with van der Waals surface area (Å²) in [5, 5.41) is 0.621. The van der Waals surface area contributed by atoms with Gasteiger partial charge in [0.25, 0.3) is 0 Å². The fraction of sp³-hybridized carbons (Fsp3) is 0.133. The third-order valence-electron chi connectivity index (χ3n) is 2.95. The number of aryl methyl sites for hydroxylation is 1. The average molecular weight is 324 g/mol. The second kappa shape index (κ2) is 5.25. The van der Waals surface area contributed by atoms with E-state index in [0.29, 0.717) is 16.1 Å². The van der Waals surface area contributed by atoms with Crippen LogP contribution in [0.4, 0.5) is 0 Å². The van der Waals surface area contributed by atoms with Crippen LogP contribution >= 0.6 is 27.5 Å². The SMILES string of the molecule is Cc1cc(Br)ccc1C(=O)c1cccc(Cl)c1C. The quantitative estimate of drug-likeness (QED) is 0.715. The second-order valence-corrected chi connectivity index (χ2v) is 5.52. The number of carbonyl (C=O) groups is 1. The van der Waals surface area contributed by atoms with Crippen molar-refractivity contribution in [2.45, 2.75) is 13.8 Å². The van der Waals surface area contributed by atoms with Crippen molar-refractivity contribution < 1.29 is 4.79 Å². The Bertz CT molecular complexity index is 620. The van der Waals surface area contributed by atoms with Crippen LogP contribution in [0.1, 0.15) is 27.0 Å². The highest BCUT2D eigenvalue weighted by Crippen LogP contribution is 2.24. The largest absolute Gasteiger partial charge is 0.289 e. The molecular formula is C15H12BrClO. The van der Waals surface area contributed by atoms with Crippen LogP contribution in [0.5, 0.6) is 0 Å². The summed E-state index contributed by atoms with van der Waals surface area (Å²) in [7, 11) is 0. The number of hydrogen-bond acceptors (Lipinski definition) is 1. The number of benzene rings is 2. The fourth-order valence-electron chi connectivity index (χ4n) is 1.88. The van der Waals surface area contributed by atoms with Gasteiger partial charge >= 0.3 is 0 Å². The van der Waals surface area contributed by atoms with Gasteiger partial charge in [-0.15, -0.1) is 0 Å². The third-order valence-corrected chi connectivity index (χ3v) is 3.85. The number of carbonyl (C=O) groups excluding carboxylic acids is 1. The number of halogens is 2. The highest BCUT2D eigenvalue weighted by Gasteiger charge is 2.15.